The van der Waals surface area contributed by atoms with Crippen molar-refractivity contribution >= 4 is 15.9 Å². The first-order chi connectivity index (χ1) is 8.72. The van der Waals surface area contributed by atoms with Crippen LogP contribution in [0, 0.1) is 5.92 Å². The van der Waals surface area contributed by atoms with Crippen LogP contribution >= 0.6 is 15.9 Å². The molecule has 2 nitrogen and oxygen atoms in total. The molecular weight excluding hydrogens is 292 g/mol. The summed E-state index contributed by atoms with van der Waals surface area (Å²) in [6, 6.07) is 5.91. The first kappa shape index (κ1) is 13.9. The van der Waals surface area contributed by atoms with Crippen molar-refractivity contribution in [2.75, 3.05) is 6.61 Å². The minimum Gasteiger partial charge on any atom is -0.493 e. The minimum atomic E-state index is -0.336. The Hall–Kier alpha value is -0.540. The Morgan fingerprint density at radius 1 is 1.33 bits per heavy atom. The topological polar surface area (TPSA) is 29.5 Å². The van der Waals surface area contributed by atoms with E-state index < -0.39 is 0 Å². The van der Waals surface area contributed by atoms with Crippen LogP contribution in [0.15, 0.2) is 22.7 Å². The Morgan fingerprint density at radius 2 is 2.06 bits per heavy atom. The second-order valence-electron chi connectivity index (χ2n) is 4.97. The number of halogens is 1. The second-order valence-corrected chi connectivity index (χ2v) is 5.82. The van der Waals surface area contributed by atoms with Crippen molar-refractivity contribution in [3.05, 3.63) is 28.2 Å². The standard InChI is InChI=1S/C15H21BrO2/c1-2-18-14-9-8-12(10-13(14)16)15(17)11-6-4-3-5-7-11/h8-11,15,17H,2-7H2,1H3. The summed E-state index contributed by atoms with van der Waals surface area (Å²) in [6.45, 7) is 2.63. The van der Waals surface area contributed by atoms with E-state index in [2.05, 4.69) is 15.9 Å². The van der Waals surface area contributed by atoms with E-state index in [1.165, 1.54) is 19.3 Å². The highest BCUT2D eigenvalue weighted by Gasteiger charge is 2.23. The highest BCUT2D eigenvalue weighted by Crippen LogP contribution is 2.36. The average molecular weight is 313 g/mol. The molecule has 0 heterocycles. The SMILES string of the molecule is CCOc1ccc(C(O)C2CCCCC2)cc1Br. The van der Waals surface area contributed by atoms with Crippen LogP contribution in [0.1, 0.15) is 50.7 Å². The quantitative estimate of drug-likeness (QED) is 0.889. The van der Waals surface area contributed by atoms with E-state index in [1.807, 2.05) is 25.1 Å². The molecule has 1 aromatic rings. The van der Waals surface area contributed by atoms with Crippen LogP contribution in [0.4, 0.5) is 0 Å². The fourth-order valence-electron chi connectivity index (χ4n) is 2.70. The summed E-state index contributed by atoms with van der Waals surface area (Å²) in [5.41, 5.74) is 0.997. The Balaban J connectivity index is 2.10. The van der Waals surface area contributed by atoms with Gasteiger partial charge in [0, 0.05) is 0 Å². The second kappa shape index (κ2) is 6.58. The summed E-state index contributed by atoms with van der Waals surface area (Å²) in [6.07, 6.45) is 5.77. The first-order valence-corrected chi connectivity index (χ1v) is 7.62. The third kappa shape index (κ3) is 3.27. The van der Waals surface area contributed by atoms with Gasteiger partial charge < -0.3 is 9.84 Å². The number of aliphatic hydroxyl groups excluding tert-OH is 1. The maximum absolute atomic E-state index is 10.4. The van der Waals surface area contributed by atoms with Gasteiger partial charge in [-0.2, -0.15) is 0 Å². The van der Waals surface area contributed by atoms with Crippen LogP contribution in [-0.4, -0.2) is 11.7 Å². The third-order valence-corrected chi connectivity index (χ3v) is 4.31. The number of benzene rings is 1. The van der Waals surface area contributed by atoms with Crippen molar-refractivity contribution in [3.63, 3.8) is 0 Å². The van der Waals surface area contributed by atoms with Gasteiger partial charge in [0.25, 0.3) is 0 Å². The zero-order valence-electron chi connectivity index (χ0n) is 10.9. The molecule has 1 aromatic carbocycles. The summed E-state index contributed by atoms with van der Waals surface area (Å²) >= 11 is 3.50. The van der Waals surface area contributed by atoms with Gasteiger partial charge in [-0.05, 0) is 59.3 Å². The molecule has 1 saturated carbocycles. The van der Waals surface area contributed by atoms with Crippen molar-refractivity contribution in [3.8, 4) is 5.75 Å². The molecular formula is C15H21BrO2. The summed E-state index contributed by atoms with van der Waals surface area (Å²) in [5, 5.41) is 10.4. The molecule has 1 aliphatic carbocycles. The molecule has 100 valence electrons. The van der Waals surface area contributed by atoms with Gasteiger partial charge in [0.05, 0.1) is 17.2 Å². The molecule has 0 spiro atoms. The number of rotatable bonds is 4. The van der Waals surface area contributed by atoms with Crippen LogP contribution < -0.4 is 4.74 Å². The fraction of sp³-hybridized carbons (Fsp3) is 0.600. The molecule has 18 heavy (non-hydrogen) atoms. The fourth-order valence-corrected chi connectivity index (χ4v) is 3.21. The smallest absolute Gasteiger partial charge is 0.133 e. The van der Waals surface area contributed by atoms with Crippen molar-refractivity contribution in [1.29, 1.82) is 0 Å². The largest absolute Gasteiger partial charge is 0.493 e. The van der Waals surface area contributed by atoms with Crippen molar-refractivity contribution in [2.45, 2.75) is 45.1 Å². The molecule has 0 aliphatic heterocycles. The molecule has 0 bridgehead atoms. The Bertz CT molecular complexity index is 386. The predicted molar refractivity (Wildman–Crippen MR) is 76.8 cm³/mol. The molecule has 3 heteroatoms. The molecule has 1 N–H and O–H groups in total. The lowest BCUT2D eigenvalue weighted by Gasteiger charge is -2.27. The zero-order valence-corrected chi connectivity index (χ0v) is 12.4. The number of ether oxygens (including phenoxy) is 1. The van der Waals surface area contributed by atoms with E-state index in [-0.39, 0.29) is 6.10 Å². The molecule has 0 amide bonds. The van der Waals surface area contributed by atoms with Crippen LogP contribution in [0.5, 0.6) is 5.75 Å². The van der Waals surface area contributed by atoms with E-state index in [0.29, 0.717) is 12.5 Å². The molecule has 1 fully saturated rings. The third-order valence-electron chi connectivity index (χ3n) is 3.69. The van der Waals surface area contributed by atoms with Gasteiger partial charge in [0.15, 0.2) is 0 Å². The summed E-state index contributed by atoms with van der Waals surface area (Å²) in [7, 11) is 0. The van der Waals surface area contributed by atoms with Gasteiger partial charge in [0.1, 0.15) is 5.75 Å². The highest BCUT2D eigenvalue weighted by molar-refractivity contribution is 9.10. The van der Waals surface area contributed by atoms with E-state index >= 15 is 0 Å². The molecule has 0 aromatic heterocycles. The molecule has 1 aliphatic rings. The lowest BCUT2D eigenvalue weighted by atomic mass is 9.83. The van der Waals surface area contributed by atoms with Crippen LogP contribution in [0.3, 0.4) is 0 Å². The minimum absolute atomic E-state index is 0.336. The van der Waals surface area contributed by atoms with Crippen LogP contribution in [0.25, 0.3) is 0 Å². The first-order valence-electron chi connectivity index (χ1n) is 6.82. The Kier molecular flexibility index (Phi) is 5.07. The van der Waals surface area contributed by atoms with E-state index in [9.17, 15) is 5.11 Å². The zero-order chi connectivity index (χ0) is 13.0. The highest BCUT2D eigenvalue weighted by atomic mass is 79.9. The average Bonchev–Trinajstić information content (AvgIpc) is 2.41. The van der Waals surface area contributed by atoms with Crippen molar-refractivity contribution < 1.29 is 9.84 Å². The molecule has 2 rings (SSSR count). The van der Waals surface area contributed by atoms with Gasteiger partial charge in [-0.25, -0.2) is 0 Å². The number of hydrogen-bond donors (Lipinski definition) is 1. The molecule has 0 radical (unpaired) electrons. The monoisotopic (exact) mass is 312 g/mol. The normalized spacial score (nSPS) is 18.6. The summed E-state index contributed by atoms with van der Waals surface area (Å²) < 4.78 is 6.42. The van der Waals surface area contributed by atoms with Crippen LogP contribution in [0.2, 0.25) is 0 Å². The van der Waals surface area contributed by atoms with Gasteiger partial charge in [-0.1, -0.05) is 25.3 Å². The van der Waals surface area contributed by atoms with Crippen molar-refractivity contribution in [2.24, 2.45) is 5.92 Å². The van der Waals surface area contributed by atoms with Crippen LogP contribution in [-0.2, 0) is 0 Å². The molecule has 1 atom stereocenters. The number of hydrogen-bond acceptors (Lipinski definition) is 2. The van der Waals surface area contributed by atoms with E-state index in [0.717, 1.165) is 28.6 Å². The number of aliphatic hydroxyl groups is 1. The van der Waals surface area contributed by atoms with Gasteiger partial charge in [-0.3, -0.25) is 0 Å². The van der Waals surface area contributed by atoms with Gasteiger partial charge in [-0.15, -0.1) is 0 Å². The molecule has 0 saturated heterocycles. The van der Waals surface area contributed by atoms with Gasteiger partial charge in [0.2, 0.25) is 0 Å². The van der Waals surface area contributed by atoms with Crippen molar-refractivity contribution in [1.82, 2.24) is 0 Å². The van der Waals surface area contributed by atoms with E-state index in [4.69, 9.17) is 4.74 Å². The predicted octanol–water partition coefficient (Wildman–Crippen LogP) is 4.46. The Morgan fingerprint density at radius 3 is 2.67 bits per heavy atom. The maximum atomic E-state index is 10.4. The van der Waals surface area contributed by atoms with E-state index in [1.54, 1.807) is 0 Å². The molecule has 1 unspecified atom stereocenters. The Labute approximate surface area is 117 Å². The van der Waals surface area contributed by atoms with Gasteiger partial charge >= 0.3 is 0 Å². The summed E-state index contributed by atoms with van der Waals surface area (Å²) in [4.78, 5) is 0. The lowest BCUT2D eigenvalue weighted by molar-refractivity contribution is 0.0847. The maximum Gasteiger partial charge on any atom is 0.133 e. The lowest BCUT2D eigenvalue weighted by Crippen LogP contribution is -2.15. The summed E-state index contributed by atoms with van der Waals surface area (Å²) in [5.74, 6) is 1.26.